The molecule has 35 heavy (non-hydrogen) atoms. The second-order valence-electron chi connectivity index (χ2n) is 8.16. The van der Waals surface area contributed by atoms with Crippen LogP contribution >= 0.6 is 0 Å². The van der Waals surface area contributed by atoms with Crippen molar-refractivity contribution in [2.24, 2.45) is 15.3 Å². The number of para-hydroxylation sites is 1. The first-order chi connectivity index (χ1) is 17.0. The lowest BCUT2D eigenvalue weighted by atomic mass is 10.2. The van der Waals surface area contributed by atoms with Crippen molar-refractivity contribution in [2.75, 3.05) is 0 Å². The van der Waals surface area contributed by atoms with Crippen LogP contribution in [0.2, 0.25) is 0 Å². The molecule has 0 saturated heterocycles. The maximum atomic E-state index is 12.1. The van der Waals surface area contributed by atoms with Gasteiger partial charge in [0, 0.05) is 18.1 Å². The number of amides is 1. The highest BCUT2D eigenvalue weighted by Gasteiger charge is 2.32. The van der Waals surface area contributed by atoms with Crippen molar-refractivity contribution in [3.8, 4) is 5.69 Å². The lowest BCUT2D eigenvalue weighted by Gasteiger charge is -2.19. The Morgan fingerprint density at radius 3 is 2.20 bits per heavy atom. The Bertz CT molecular complexity index is 1410. The normalized spacial score (nSPS) is 15.3. The monoisotopic (exact) mass is 464 g/mol. The van der Waals surface area contributed by atoms with Crippen LogP contribution in [0.25, 0.3) is 5.69 Å². The van der Waals surface area contributed by atoms with Crippen molar-refractivity contribution in [1.29, 1.82) is 0 Å². The van der Waals surface area contributed by atoms with Crippen LogP contribution in [0.4, 0.5) is 11.4 Å². The lowest BCUT2D eigenvalue weighted by Crippen LogP contribution is -2.25. The molecule has 2 heterocycles. The van der Waals surface area contributed by atoms with Crippen molar-refractivity contribution in [2.45, 2.75) is 27.0 Å². The second-order valence-corrected chi connectivity index (χ2v) is 8.16. The van der Waals surface area contributed by atoms with Gasteiger partial charge in [0.25, 0.3) is 0 Å². The number of aryl methyl sites for hydroxylation is 1. The third-order valence-electron chi connectivity index (χ3n) is 5.68. The number of azo groups is 1. The number of rotatable bonds is 5. The molecule has 1 atom stereocenters. The van der Waals surface area contributed by atoms with Gasteiger partial charge in [-0.05, 0) is 50.2 Å². The average Bonchev–Trinajstić information content (AvgIpc) is 3.46. The van der Waals surface area contributed by atoms with Crippen LogP contribution in [-0.2, 0) is 9.53 Å². The molecule has 8 heteroatoms. The van der Waals surface area contributed by atoms with E-state index in [1.807, 2.05) is 103 Å². The number of hydrogen-bond donors (Lipinski definition) is 0. The molecule has 1 aliphatic rings. The molecule has 0 radical (unpaired) electrons. The summed E-state index contributed by atoms with van der Waals surface area (Å²) in [6, 6.07) is 26.9. The van der Waals surface area contributed by atoms with E-state index in [-0.39, 0.29) is 5.91 Å². The molecule has 5 rings (SSSR count). The van der Waals surface area contributed by atoms with Gasteiger partial charge in [-0.15, -0.1) is 10.2 Å². The summed E-state index contributed by atoms with van der Waals surface area (Å²) in [5, 5.41) is 19.2. The summed E-state index contributed by atoms with van der Waals surface area (Å²) >= 11 is 0. The highest BCUT2D eigenvalue weighted by atomic mass is 16.5. The van der Waals surface area contributed by atoms with E-state index in [0.29, 0.717) is 11.6 Å². The predicted octanol–water partition coefficient (Wildman–Crippen LogP) is 6.14. The summed E-state index contributed by atoms with van der Waals surface area (Å²) in [6.07, 6.45) is -0.588. The van der Waals surface area contributed by atoms with E-state index in [2.05, 4.69) is 20.4 Å². The van der Waals surface area contributed by atoms with Crippen LogP contribution in [0.15, 0.2) is 100 Å². The number of benzene rings is 3. The number of aromatic nitrogens is 2. The number of hydrazone groups is 1. The van der Waals surface area contributed by atoms with Crippen molar-refractivity contribution < 1.29 is 9.53 Å². The Balaban J connectivity index is 1.35. The molecule has 0 spiro atoms. The van der Waals surface area contributed by atoms with Crippen LogP contribution in [0.5, 0.6) is 0 Å². The summed E-state index contributed by atoms with van der Waals surface area (Å²) in [6.45, 7) is 5.37. The van der Waals surface area contributed by atoms with Crippen molar-refractivity contribution >= 4 is 23.2 Å². The maximum Gasteiger partial charge on any atom is 0.243 e. The molecule has 1 aliphatic heterocycles. The minimum absolute atomic E-state index is 0.193. The number of nitrogens with zero attached hydrogens (tertiary/aromatic N) is 6. The maximum absolute atomic E-state index is 12.1. The van der Waals surface area contributed by atoms with Gasteiger partial charge in [-0.2, -0.15) is 15.2 Å². The van der Waals surface area contributed by atoms with Gasteiger partial charge in [0.1, 0.15) is 5.69 Å². The molecule has 1 aromatic heterocycles. The van der Waals surface area contributed by atoms with Crippen molar-refractivity contribution in [1.82, 2.24) is 14.8 Å². The molecule has 0 bridgehead atoms. The fraction of sp³-hybridized carbons (Fsp3) is 0.148. The topological polar surface area (TPSA) is 84.4 Å². The van der Waals surface area contributed by atoms with E-state index in [9.17, 15) is 4.79 Å². The summed E-state index contributed by atoms with van der Waals surface area (Å²) in [7, 11) is 0. The molecule has 0 fully saturated rings. The molecule has 174 valence electrons. The van der Waals surface area contributed by atoms with Gasteiger partial charge >= 0.3 is 0 Å². The Hall–Kier alpha value is -4.59. The molecule has 1 amide bonds. The Morgan fingerprint density at radius 1 is 0.886 bits per heavy atom. The van der Waals surface area contributed by atoms with Gasteiger partial charge < -0.3 is 4.74 Å². The molecular weight excluding hydrogens is 440 g/mol. The largest absolute Gasteiger partial charge is 0.446 e. The Morgan fingerprint density at radius 2 is 1.54 bits per heavy atom. The SMILES string of the molecule is CC(=O)N1N=C(c2ccc(N=Nc3c(C)nn(-c4ccccc4)c3C)cc2)OC1c1ccccc1. The zero-order valence-corrected chi connectivity index (χ0v) is 19.7. The van der Waals surface area contributed by atoms with Gasteiger partial charge in [-0.25, -0.2) is 4.68 Å². The third-order valence-corrected chi connectivity index (χ3v) is 5.68. The minimum Gasteiger partial charge on any atom is -0.446 e. The van der Waals surface area contributed by atoms with Gasteiger partial charge in [-0.1, -0.05) is 48.5 Å². The molecule has 1 unspecified atom stereocenters. The van der Waals surface area contributed by atoms with E-state index < -0.39 is 6.23 Å². The molecule has 0 saturated carbocycles. The van der Waals surface area contributed by atoms with Crippen LogP contribution in [0, 0.1) is 13.8 Å². The zero-order valence-electron chi connectivity index (χ0n) is 19.7. The van der Waals surface area contributed by atoms with E-state index in [1.165, 1.54) is 11.9 Å². The Labute approximate surface area is 203 Å². The Kier molecular flexibility index (Phi) is 5.93. The summed E-state index contributed by atoms with van der Waals surface area (Å²) in [5.74, 6) is 0.189. The third kappa shape index (κ3) is 4.46. The highest BCUT2D eigenvalue weighted by molar-refractivity contribution is 5.96. The molecule has 0 N–H and O–H groups in total. The van der Waals surface area contributed by atoms with Crippen molar-refractivity contribution in [3.05, 3.63) is 107 Å². The fourth-order valence-corrected chi connectivity index (χ4v) is 3.90. The van der Waals surface area contributed by atoms with Gasteiger partial charge in [0.2, 0.25) is 18.0 Å². The molecule has 4 aromatic rings. The molecule has 0 aliphatic carbocycles. The average molecular weight is 465 g/mol. The van der Waals surface area contributed by atoms with Crippen molar-refractivity contribution in [3.63, 3.8) is 0 Å². The van der Waals surface area contributed by atoms with Crippen LogP contribution in [0.3, 0.4) is 0 Å². The van der Waals surface area contributed by atoms with Crippen LogP contribution in [0.1, 0.15) is 35.7 Å². The zero-order chi connectivity index (χ0) is 24.4. The number of carbonyl (C=O) groups is 1. The highest BCUT2D eigenvalue weighted by Crippen LogP contribution is 2.31. The first-order valence-electron chi connectivity index (χ1n) is 11.2. The summed E-state index contributed by atoms with van der Waals surface area (Å²) < 4.78 is 7.91. The summed E-state index contributed by atoms with van der Waals surface area (Å²) in [5.41, 5.74) is 5.72. The smallest absolute Gasteiger partial charge is 0.243 e. The number of hydrogen-bond acceptors (Lipinski definition) is 6. The first-order valence-corrected chi connectivity index (χ1v) is 11.2. The van der Waals surface area contributed by atoms with Crippen LogP contribution < -0.4 is 0 Å². The molecular formula is C27H24N6O2. The van der Waals surface area contributed by atoms with Crippen LogP contribution in [-0.4, -0.2) is 26.6 Å². The molecule has 3 aromatic carbocycles. The first kappa shape index (κ1) is 22.2. The second kappa shape index (κ2) is 9.34. The van der Waals surface area contributed by atoms with E-state index in [1.54, 1.807) is 0 Å². The van der Waals surface area contributed by atoms with E-state index >= 15 is 0 Å². The number of ether oxygens (including phenoxy) is 1. The van der Waals surface area contributed by atoms with Gasteiger partial charge in [-0.3, -0.25) is 4.79 Å². The van der Waals surface area contributed by atoms with Gasteiger partial charge in [0.15, 0.2) is 0 Å². The van der Waals surface area contributed by atoms with Gasteiger partial charge in [0.05, 0.1) is 22.8 Å². The fourth-order valence-electron chi connectivity index (χ4n) is 3.90. The standard InChI is InChI=1S/C27H24N6O2/c1-18-25(19(2)32(30-18)24-12-8-5-9-13-24)29-28-23-16-14-21(15-17-23)26-31-33(20(3)34)27(35-26)22-10-6-4-7-11-22/h4-17,27H,1-3H3. The minimum atomic E-state index is -0.588. The molecule has 8 nitrogen and oxygen atoms in total. The predicted molar refractivity (Wildman–Crippen MR) is 133 cm³/mol. The van der Waals surface area contributed by atoms with E-state index in [4.69, 9.17) is 4.74 Å². The quantitative estimate of drug-likeness (QED) is 0.332. The lowest BCUT2D eigenvalue weighted by molar-refractivity contribution is -0.135. The summed E-state index contributed by atoms with van der Waals surface area (Å²) in [4.78, 5) is 12.1. The number of carbonyl (C=O) groups excluding carboxylic acids is 1. The van der Waals surface area contributed by atoms with E-state index in [0.717, 1.165) is 33.9 Å².